The molecule has 1 amide bonds. The fourth-order valence-electron chi connectivity index (χ4n) is 3.31. The summed E-state index contributed by atoms with van der Waals surface area (Å²) in [6.07, 6.45) is 2.87. The normalized spacial score (nSPS) is 15.2. The largest absolute Gasteiger partial charge is 0.468 e. The van der Waals surface area contributed by atoms with Crippen molar-refractivity contribution in [2.24, 2.45) is 0 Å². The number of allylic oxidation sites excluding steroid dienone is 2. The van der Waals surface area contributed by atoms with Gasteiger partial charge in [0.1, 0.15) is 18.1 Å². The number of para-hydroxylation sites is 2. The van der Waals surface area contributed by atoms with Gasteiger partial charge in [0, 0.05) is 11.8 Å². The van der Waals surface area contributed by atoms with E-state index in [9.17, 15) is 25.0 Å². The number of rotatable bonds is 9. The summed E-state index contributed by atoms with van der Waals surface area (Å²) in [5.41, 5.74) is 0.668. The van der Waals surface area contributed by atoms with Crippen LogP contribution in [0.5, 0.6) is 0 Å². The molecule has 0 fully saturated rings. The molecule has 174 valence electrons. The first-order valence-electron chi connectivity index (χ1n) is 9.96. The lowest BCUT2D eigenvalue weighted by atomic mass is 9.86. The standard InChI is InChI=1S/C23H20N4O6S/c1-3-10-33-23(29)20-14(2)25-22(15(12-24)21(20)18-9-6-11-32-18)34-13-19(28)26-16-7-4-5-8-17(16)27(30)31/h3-9,11,21,25H,1,10,13H2,2H3,(H,26,28). The maximum absolute atomic E-state index is 12.7. The number of nitrogens with zero attached hydrogens (tertiary/aromatic N) is 2. The maximum atomic E-state index is 12.7. The van der Waals surface area contributed by atoms with Gasteiger partial charge in [-0.3, -0.25) is 14.9 Å². The molecule has 34 heavy (non-hydrogen) atoms. The quantitative estimate of drug-likeness (QED) is 0.235. The second kappa shape index (κ2) is 11.0. The fourth-order valence-corrected chi connectivity index (χ4v) is 4.20. The number of carbonyl (C=O) groups excluding carboxylic acids is 2. The molecular formula is C23H20N4O6S. The van der Waals surface area contributed by atoms with Crippen LogP contribution in [0.4, 0.5) is 11.4 Å². The first-order valence-corrected chi connectivity index (χ1v) is 11.0. The highest BCUT2D eigenvalue weighted by Crippen LogP contribution is 2.41. The zero-order valence-corrected chi connectivity index (χ0v) is 18.9. The Morgan fingerprint density at radius 1 is 1.38 bits per heavy atom. The lowest BCUT2D eigenvalue weighted by Gasteiger charge is -2.27. The number of benzene rings is 1. The van der Waals surface area contributed by atoms with E-state index in [-0.39, 0.29) is 34.9 Å². The molecule has 0 bridgehead atoms. The van der Waals surface area contributed by atoms with Crippen LogP contribution >= 0.6 is 11.8 Å². The van der Waals surface area contributed by atoms with Crippen molar-refractivity contribution in [3.05, 3.63) is 93.1 Å². The van der Waals surface area contributed by atoms with Gasteiger partial charge in [0.15, 0.2) is 0 Å². The number of hydrogen-bond acceptors (Lipinski definition) is 9. The summed E-state index contributed by atoms with van der Waals surface area (Å²) in [5, 5.41) is 27.0. The van der Waals surface area contributed by atoms with Gasteiger partial charge in [-0.2, -0.15) is 5.26 Å². The number of esters is 1. The van der Waals surface area contributed by atoms with Gasteiger partial charge in [0.05, 0.1) is 45.1 Å². The highest BCUT2D eigenvalue weighted by Gasteiger charge is 2.37. The Hall–Kier alpha value is -4.30. The minimum Gasteiger partial charge on any atom is -0.468 e. The third-order valence-corrected chi connectivity index (χ3v) is 5.77. The van der Waals surface area contributed by atoms with Gasteiger partial charge in [-0.1, -0.05) is 36.5 Å². The topological polar surface area (TPSA) is 148 Å². The van der Waals surface area contributed by atoms with Gasteiger partial charge < -0.3 is 19.8 Å². The first-order chi connectivity index (χ1) is 16.4. The molecule has 1 aromatic heterocycles. The van der Waals surface area contributed by atoms with Crippen LogP contribution < -0.4 is 10.6 Å². The van der Waals surface area contributed by atoms with E-state index >= 15 is 0 Å². The number of amides is 1. The lowest BCUT2D eigenvalue weighted by molar-refractivity contribution is -0.383. The Morgan fingerprint density at radius 2 is 2.15 bits per heavy atom. The number of nitriles is 1. The molecule has 3 rings (SSSR count). The number of nitro benzene ring substituents is 1. The second-order valence-electron chi connectivity index (χ2n) is 6.96. The lowest BCUT2D eigenvalue weighted by Crippen LogP contribution is -2.29. The molecule has 0 radical (unpaired) electrons. The van der Waals surface area contributed by atoms with Crippen molar-refractivity contribution in [1.82, 2.24) is 5.32 Å². The average molecular weight is 481 g/mol. The molecule has 0 aliphatic carbocycles. The van der Waals surface area contributed by atoms with Gasteiger partial charge in [-0.15, -0.1) is 0 Å². The molecular weight excluding hydrogens is 460 g/mol. The molecule has 1 aromatic carbocycles. The molecule has 1 atom stereocenters. The number of dihydropyridines is 1. The van der Waals surface area contributed by atoms with Crippen LogP contribution in [0.25, 0.3) is 0 Å². The number of hydrogen-bond donors (Lipinski definition) is 2. The zero-order valence-electron chi connectivity index (χ0n) is 18.1. The Bertz CT molecular complexity index is 1230. The predicted molar refractivity (Wildman–Crippen MR) is 125 cm³/mol. The molecule has 11 heteroatoms. The molecule has 1 unspecified atom stereocenters. The number of thioether (sulfide) groups is 1. The SMILES string of the molecule is C=CCOC(=O)C1=C(C)NC(SCC(=O)Nc2ccccc2[N+](=O)[O-])=C(C#N)C1c1ccco1. The van der Waals surface area contributed by atoms with Crippen LogP contribution in [-0.4, -0.2) is 29.2 Å². The summed E-state index contributed by atoms with van der Waals surface area (Å²) in [6, 6.07) is 11.2. The number of ether oxygens (including phenoxy) is 1. The molecule has 1 aliphatic rings. The monoisotopic (exact) mass is 480 g/mol. The van der Waals surface area contributed by atoms with Crippen LogP contribution in [0.15, 0.2) is 81.6 Å². The fraction of sp³-hybridized carbons (Fsp3) is 0.174. The predicted octanol–water partition coefficient (Wildman–Crippen LogP) is 3.98. The number of anilines is 1. The molecule has 1 aliphatic heterocycles. The van der Waals surface area contributed by atoms with Gasteiger partial charge >= 0.3 is 5.97 Å². The van der Waals surface area contributed by atoms with E-state index in [2.05, 4.69) is 23.3 Å². The van der Waals surface area contributed by atoms with Gasteiger partial charge in [-0.05, 0) is 25.1 Å². The molecule has 0 saturated heterocycles. The smallest absolute Gasteiger partial charge is 0.337 e. The van der Waals surface area contributed by atoms with E-state index in [1.165, 1.54) is 30.5 Å². The van der Waals surface area contributed by atoms with E-state index in [4.69, 9.17) is 9.15 Å². The summed E-state index contributed by atoms with van der Waals surface area (Å²) >= 11 is 1.03. The van der Waals surface area contributed by atoms with Gasteiger partial charge in [0.2, 0.25) is 5.91 Å². The Balaban J connectivity index is 1.85. The van der Waals surface area contributed by atoms with E-state index in [0.717, 1.165) is 11.8 Å². The summed E-state index contributed by atoms with van der Waals surface area (Å²) < 4.78 is 10.7. The van der Waals surface area contributed by atoms with Crippen molar-refractivity contribution in [2.75, 3.05) is 17.7 Å². The van der Waals surface area contributed by atoms with Crippen LogP contribution in [0.3, 0.4) is 0 Å². The van der Waals surface area contributed by atoms with E-state index in [1.54, 1.807) is 25.1 Å². The highest BCUT2D eigenvalue weighted by atomic mass is 32.2. The summed E-state index contributed by atoms with van der Waals surface area (Å²) in [7, 11) is 0. The first kappa shape index (κ1) is 24.3. The summed E-state index contributed by atoms with van der Waals surface area (Å²) in [6.45, 7) is 5.18. The van der Waals surface area contributed by atoms with Crippen LogP contribution in [0.2, 0.25) is 0 Å². The minimum atomic E-state index is -0.834. The van der Waals surface area contributed by atoms with E-state index in [1.807, 2.05) is 0 Å². The molecule has 0 saturated carbocycles. The number of nitrogens with one attached hydrogen (secondary N) is 2. The van der Waals surface area contributed by atoms with Crippen molar-refractivity contribution < 1.29 is 23.7 Å². The van der Waals surface area contributed by atoms with Crippen molar-refractivity contribution in [3.8, 4) is 6.07 Å². The summed E-state index contributed by atoms with van der Waals surface area (Å²) in [4.78, 5) is 35.8. The number of furan rings is 1. The van der Waals surface area contributed by atoms with Crippen molar-refractivity contribution >= 4 is 35.0 Å². The van der Waals surface area contributed by atoms with Crippen LogP contribution in [-0.2, 0) is 14.3 Å². The molecule has 0 spiro atoms. The van der Waals surface area contributed by atoms with Gasteiger partial charge in [-0.25, -0.2) is 4.79 Å². The van der Waals surface area contributed by atoms with Crippen molar-refractivity contribution in [3.63, 3.8) is 0 Å². The maximum Gasteiger partial charge on any atom is 0.337 e. The van der Waals surface area contributed by atoms with Crippen LogP contribution in [0.1, 0.15) is 18.6 Å². The Kier molecular flexibility index (Phi) is 7.89. The second-order valence-corrected chi connectivity index (χ2v) is 7.95. The van der Waals surface area contributed by atoms with Crippen molar-refractivity contribution in [1.29, 1.82) is 5.26 Å². The molecule has 2 aromatic rings. The minimum absolute atomic E-state index is 0.000506. The number of nitro groups is 1. The zero-order chi connectivity index (χ0) is 24.7. The Labute approximate surface area is 199 Å². The molecule has 2 heterocycles. The van der Waals surface area contributed by atoms with Crippen LogP contribution in [0, 0.1) is 21.4 Å². The third kappa shape index (κ3) is 5.36. The van der Waals surface area contributed by atoms with Gasteiger partial charge in [0.25, 0.3) is 5.69 Å². The molecule has 2 N–H and O–H groups in total. The third-order valence-electron chi connectivity index (χ3n) is 4.75. The summed E-state index contributed by atoms with van der Waals surface area (Å²) in [5.74, 6) is -1.74. The van der Waals surface area contributed by atoms with E-state index < -0.39 is 22.7 Å². The van der Waals surface area contributed by atoms with Crippen molar-refractivity contribution in [2.45, 2.75) is 12.8 Å². The average Bonchev–Trinajstić information content (AvgIpc) is 3.35. The van der Waals surface area contributed by atoms with E-state index in [0.29, 0.717) is 16.5 Å². The Morgan fingerprint density at radius 3 is 2.79 bits per heavy atom. The number of carbonyl (C=O) groups is 2. The molecule has 10 nitrogen and oxygen atoms in total. The highest BCUT2D eigenvalue weighted by molar-refractivity contribution is 8.03.